The summed E-state index contributed by atoms with van der Waals surface area (Å²) in [4.78, 5) is 10.7. The molecule has 3 atom stereocenters. The highest BCUT2D eigenvalue weighted by Gasteiger charge is 2.48. The molecule has 2 unspecified atom stereocenters. The zero-order valence-corrected chi connectivity index (χ0v) is 16.0. The van der Waals surface area contributed by atoms with Crippen molar-refractivity contribution in [2.24, 2.45) is 5.18 Å². The predicted molar refractivity (Wildman–Crippen MR) is 104 cm³/mol. The van der Waals surface area contributed by atoms with Gasteiger partial charge in [0.15, 0.2) is 5.79 Å². The zero-order chi connectivity index (χ0) is 19.6. The number of hydrogen-bond acceptors (Lipinski definition) is 6. The second-order valence-electron chi connectivity index (χ2n) is 7.53. The molecule has 28 heavy (non-hydrogen) atoms. The zero-order valence-electron chi connectivity index (χ0n) is 16.0. The van der Waals surface area contributed by atoms with Gasteiger partial charge in [0.25, 0.3) is 0 Å². The standard InChI is InChI=1S/C22H25NO5/c1-26-19-8-5-15(6-9-19)2-3-16-4-7-17-14-27-22(21(17)10-16)12-18(24)11-20(28-22)13-23-25/h4-10,18,20,24H,2-3,11-14H2,1H3/t18?,20?,22-/m1/s1. The first-order valence-corrected chi connectivity index (χ1v) is 9.66. The van der Waals surface area contributed by atoms with Crippen molar-refractivity contribution in [3.63, 3.8) is 0 Å². The monoisotopic (exact) mass is 383 g/mol. The second-order valence-corrected chi connectivity index (χ2v) is 7.53. The molecule has 2 aliphatic heterocycles. The summed E-state index contributed by atoms with van der Waals surface area (Å²) in [5, 5.41) is 13.3. The molecule has 2 heterocycles. The highest BCUT2D eigenvalue weighted by molar-refractivity contribution is 5.38. The van der Waals surface area contributed by atoms with Crippen LogP contribution < -0.4 is 4.74 Å². The van der Waals surface area contributed by atoms with Gasteiger partial charge >= 0.3 is 0 Å². The lowest BCUT2D eigenvalue weighted by Gasteiger charge is -2.40. The highest BCUT2D eigenvalue weighted by atomic mass is 16.7. The van der Waals surface area contributed by atoms with Crippen molar-refractivity contribution >= 4 is 0 Å². The maximum absolute atomic E-state index is 10.7. The maximum atomic E-state index is 10.7. The number of hydrogen-bond donors (Lipinski definition) is 1. The van der Waals surface area contributed by atoms with Crippen LogP contribution in [0.1, 0.15) is 35.1 Å². The van der Waals surface area contributed by atoms with Crippen molar-refractivity contribution < 1.29 is 19.3 Å². The van der Waals surface area contributed by atoms with Gasteiger partial charge < -0.3 is 19.3 Å². The third-order valence-electron chi connectivity index (χ3n) is 5.58. The van der Waals surface area contributed by atoms with E-state index in [1.54, 1.807) is 7.11 Å². The molecular formula is C22H25NO5. The Labute approximate surface area is 164 Å². The number of fused-ring (bicyclic) bond motifs is 2. The maximum Gasteiger partial charge on any atom is 0.198 e. The van der Waals surface area contributed by atoms with Crippen molar-refractivity contribution in [1.29, 1.82) is 0 Å². The molecule has 2 aliphatic rings. The number of nitrogens with zero attached hydrogens (tertiary/aromatic N) is 1. The van der Waals surface area contributed by atoms with Gasteiger partial charge in [-0.25, -0.2) is 0 Å². The molecule has 1 fully saturated rings. The molecule has 1 spiro atoms. The molecule has 6 heteroatoms. The fourth-order valence-electron chi connectivity index (χ4n) is 4.14. The normalized spacial score (nSPS) is 26.2. The van der Waals surface area contributed by atoms with Gasteiger partial charge in [-0.1, -0.05) is 35.5 Å². The van der Waals surface area contributed by atoms with E-state index in [0.29, 0.717) is 19.4 Å². The number of ether oxygens (including phenoxy) is 3. The lowest BCUT2D eigenvalue weighted by molar-refractivity contribution is -0.296. The second kappa shape index (κ2) is 7.99. The molecule has 2 aromatic rings. The van der Waals surface area contributed by atoms with Crippen LogP contribution in [0.3, 0.4) is 0 Å². The Hall–Kier alpha value is -2.28. The van der Waals surface area contributed by atoms with Gasteiger partial charge in [-0.15, -0.1) is 0 Å². The Balaban J connectivity index is 1.52. The van der Waals surface area contributed by atoms with Crippen molar-refractivity contribution in [3.8, 4) is 5.75 Å². The van der Waals surface area contributed by atoms with Crippen LogP contribution in [-0.4, -0.2) is 31.0 Å². The Morgan fingerprint density at radius 1 is 1.18 bits per heavy atom. The van der Waals surface area contributed by atoms with E-state index < -0.39 is 18.0 Å². The molecule has 1 saturated heterocycles. The van der Waals surface area contributed by atoms with E-state index in [1.165, 1.54) is 11.1 Å². The molecule has 0 bridgehead atoms. The molecule has 1 N–H and O–H groups in total. The van der Waals surface area contributed by atoms with E-state index >= 15 is 0 Å². The third kappa shape index (κ3) is 3.81. The minimum atomic E-state index is -0.974. The van der Waals surface area contributed by atoms with Crippen LogP contribution in [-0.2, 0) is 34.7 Å². The Kier molecular flexibility index (Phi) is 5.44. The van der Waals surface area contributed by atoms with Crippen molar-refractivity contribution in [3.05, 3.63) is 69.6 Å². The van der Waals surface area contributed by atoms with Gasteiger partial charge in [0.2, 0.25) is 0 Å². The summed E-state index contributed by atoms with van der Waals surface area (Å²) in [5.41, 5.74) is 4.47. The summed E-state index contributed by atoms with van der Waals surface area (Å²) in [5.74, 6) is -0.119. The molecule has 148 valence electrons. The Morgan fingerprint density at radius 3 is 2.68 bits per heavy atom. The van der Waals surface area contributed by atoms with Gasteiger partial charge in [-0.05, 0) is 41.7 Å². The fourth-order valence-corrected chi connectivity index (χ4v) is 4.14. The molecule has 4 rings (SSSR count). The smallest absolute Gasteiger partial charge is 0.198 e. The van der Waals surface area contributed by atoms with E-state index in [4.69, 9.17) is 14.2 Å². The van der Waals surface area contributed by atoms with Crippen LogP contribution in [0.15, 0.2) is 47.6 Å². The summed E-state index contributed by atoms with van der Waals surface area (Å²) >= 11 is 0. The lowest BCUT2D eigenvalue weighted by Crippen LogP contribution is -2.45. The Morgan fingerprint density at radius 2 is 1.93 bits per heavy atom. The van der Waals surface area contributed by atoms with Gasteiger partial charge in [0, 0.05) is 18.4 Å². The van der Waals surface area contributed by atoms with Gasteiger partial charge in [0.1, 0.15) is 12.3 Å². The SMILES string of the molecule is COc1ccc(CCc2ccc3c(c2)[C@]2(CC(O)CC(CN=O)O2)OC3)cc1. The van der Waals surface area contributed by atoms with Crippen molar-refractivity contribution in [1.82, 2.24) is 0 Å². The molecule has 0 aromatic heterocycles. The minimum absolute atomic E-state index is 0.0225. The summed E-state index contributed by atoms with van der Waals surface area (Å²) in [6, 6.07) is 14.4. The topological polar surface area (TPSA) is 77.4 Å². The first-order valence-electron chi connectivity index (χ1n) is 9.66. The molecule has 0 radical (unpaired) electrons. The quantitative estimate of drug-likeness (QED) is 0.773. The Bertz CT molecular complexity index is 837. The van der Waals surface area contributed by atoms with E-state index in [9.17, 15) is 10.0 Å². The molecule has 0 aliphatic carbocycles. The number of rotatable bonds is 6. The van der Waals surface area contributed by atoms with Crippen LogP contribution in [0.4, 0.5) is 0 Å². The predicted octanol–water partition coefficient (Wildman–Crippen LogP) is 3.47. The number of aliphatic hydroxyl groups excluding tert-OH is 1. The van der Waals surface area contributed by atoms with E-state index in [1.807, 2.05) is 12.1 Å². The van der Waals surface area contributed by atoms with Crippen LogP contribution in [0, 0.1) is 4.91 Å². The van der Waals surface area contributed by atoms with Crippen LogP contribution >= 0.6 is 0 Å². The van der Waals surface area contributed by atoms with Crippen molar-refractivity contribution in [2.75, 3.05) is 13.7 Å². The third-order valence-corrected chi connectivity index (χ3v) is 5.58. The summed E-state index contributed by atoms with van der Waals surface area (Å²) in [7, 11) is 1.66. The first-order chi connectivity index (χ1) is 13.6. The van der Waals surface area contributed by atoms with Gasteiger partial charge in [-0.2, -0.15) is 4.91 Å². The van der Waals surface area contributed by atoms with E-state index in [2.05, 4.69) is 35.5 Å². The van der Waals surface area contributed by atoms with Gasteiger partial charge in [-0.3, -0.25) is 0 Å². The average molecular weight is 383 g/mol. The number of nitroso groups, excluding NO2 is 1. The van der Waals surface area contributed by atoms with Crippen LogP contribution in [0.5, 0.6) is 5.75 Å². The lowest BCUT2D eigenvalue weighted by atomic mass is 9.90. The minimum Gasteiger partial charge on any atom is -0.497 e. The van der Waals surface area contributed by atoms with Crippen molar-refractivity contribution in [2.45, 2.75) is 50.3 Å². The largest absolute Gasteiger partial charge is 0.497 e. The van der Waals surface area contributed by atoms with E-state index in [0.717, 1.165) is 29.7 Å². The number of benzene rings is 2. The highest BCUT2D eigenvalue weighted by Crippen LogP contribution is 2.45. The number of aliphatic hydroxyl groups is 1. The molecule has 2 aromatic carbocycles. The van der Waals surface area contributed by atoms with Crippen LogP contribution in [0.2, 0.25) is 0 Å². The molecule has 0 amide bonds. The molecular weight excluding hydrogens is 358 g/mol. The molecule has 0 saturated carbocycles. The van der Waals surface area contributed by atoms with Gasteiger partial charge in [0.05, 0.1) is 25.9 Å². The summed E-state index contributed by atoms with van der Waals surface area (Å²) in [6.45, 7) is 0.469. The van der Waals surface area contributed by atoms with E-state index in [-0.39, 0.29) is 6.54 Å². The summed E-state index contributed by atoms with van der Waals surface area (Å²) < 4.78 is 17.3. The molecule has 6 nitrogen and oxygen atoms in total. The average Bonchev–Trinajstić information content (AvgIpc) is 3.03. The first kappa shape index (κ1) is 19.1. The van der Waals surface area contributed by atoms with Crippen LogP contribution in [0.25, 0.3) is 0 Å². The fraction of sp³-hybridized carbons (Fsp3) is 0.455. The summed E-state index contributed by atoms with van der Waals surface area (Å²) in [6.07, 6.45) is 1.58. The number of methoxy groups -OCH3 is 1. The number of aryl methyl sites for hydroxylation is 2.